The number of nitrogens with two attached hydrogens (primary N) is 1. The van der Waals surface area contributed by atoms with Crippen molar-refractivity contribution in [1.29, 1.82) is 0 Å². The molecule has 1 atom stereocenters. The molecule has 1 unspecified atom stereocenters. The van der Waals surface area contributed by atoms with Crippen LogP contribution in [0.25, 0.3) is 0 Å². The van der Waals surface area contributed by atoms with Gasteiger partial charge in [0.05, 0.1) is 12.6 Å². The van der Waals surface area contributed by atoms with E-state index < -0.39 is 0 Å². The summed E-state index contributed by atoms with van der Waals surface area (Å²) < 4.78 is 5.57. The van der Waals surface area contributed by atoms with Crippen LogP contribution in [0.5, 0.6) is 0 Å². The van der Waals surface area contributed by atoms with Gasteiger partial charge in [0.1, 0.15) is 0 Å². The van der Waals surface area contributed by atoms with E-state index in [1.165, 1.54) is 0 Å². The smallest absolute Gasteiger partial charge is 0.0651 e. The summed E-state index contributed by atoms with van der Waals surface area (Å²) in [6.07, 6.45) is 2.15. The predicted octanol–water partition coefficient (Wildman–Crippen LogP) is 1.76. The van der Waals surface area contributed by atoms with Crippen LogP contribution in [0.3, 0.4) is 0 Å². The first-order valence-electron chi connectivity index (χ1n) is 6.95. The number of nitrogens with zero attached hydrogens (tertiary/aromatic N) is 1. The normalized spacial score (nSPS) is 14.3. The van der Waals surface area contributed by atoms with Crippen molar-refractivity contribution in [1.82, 2.24) is 10.3 Å². The monoisotopic (exact) mass is 245 g/mol. The van der Waals surface area contributed by atoms with Gasteiger partial charge in [-0.1, -0.05) is 27.7 Å². The van der Waals surface area contributed by atoms with Crippen LogP contribution in [0.2, 0.25) is 0 Å². The molecule has 4 heteroatoms. The molecule has 0 aliphatic rings. The first-order chi connectivity index (χ1) is 8.16. The van der Waals surface area contributed by atoms with Crippen LogP contribution >= 0.6 is 0 Å². The molecule has 4 nitrogen and oxygen atoms in total. The van der Waals surface area contributed by atoms with Crippen molar-refractivity contribution >= 4 is 0 Å². The van der Waals surface area contributed by atoms with Gasteiger partial charge in [0.2, 0.25) is 0 Å². The third-order valence-corrected chi connectivity index (χ3v) is 3.96. The molecular formula is C13H31N3O. The SMILES string of the molecule is CCOCC(NN)C(CC)(CC)N(CC)CC. The van der Waals surface area contributed by atoms with Crippen molar-refractivity contribution in [2.75, 3.05) is 26.3 Å². The lowest BCUT2D eigenvalue weighted by Gasteiger charge is -2.47. The average Bonchev–Trinajstić information content (AvgIpc) is 2.38. The van der Waals surface area contributed by atoms with E-state index in [0.29, 0.717) is 6.61 Å². The molecule has 0 bridgehead atoms. The molecule has 17 heavy (non-hydrogen) atoms. The minimum absolute atomic E-state index is 0.0907. The van der Waals surface area contributed by atoms with Gasteiger partial charge in [-0.05, 0) is 32.9 Å². The third-order valence-electron chi connectivity index (χ3n) is 3.96. The molecule has 0 radical (unpaired) electrons. The molecule has 0 saturated heterocycles. The van der Waals surface area contributed by atoms with Crippen LogP contribution in [-0.4, -0.2) is 42.8 Å². The van der Waals surface area contributed by atoms with Crippen molar-refractivity contribution in [2.45, 2.75) is 59.0 Å². The van der Waals surface area contributed by atoms with Crippen LogP contribution in [0.1, 0.15) is 47.5 Å². The predicted molar refractivity (Wildman–Crippen MR) is 73.8 cm³/mol. The van der Waals surface area contributed by atoms with E-state index in [4.69, 9.17) is 10.6 Å². The minimum Gasteiger partial charge on any atom is -0.380 e. The molecule has 0 saturated carbocycles. The summed E-state index contributed by atoms with van der Waals surface area (Å²) in [5.74, 6) is 5.74. The standard InChI is InChI=1S/C13H31N3O/c1-6-13(7-2,16(8-3)9-4)12(15-14)11-17-10-5/h12,15H,6-11,14H2,1-5H3. The van der Waals surface area contributed by atoms with E-state index >= 15 is 0 Å². The Morgan fingerprint density at radius 2 is 1.65 bits per heavy atom. The number of nitrogens with one attached hydrogen (secondary N) is 1. The highest BCUT2D eigenvalue weighted by molar-refractivity contribution is 4.97. The van der Waals surface area contributed by atoms with Crippen molar-refractivity contribution in [3.8, 4) is 0 Å². The Hall–Kier alpha value is -0.160. The number of hydrogen-bond donors (Lipinski definition) is 2. The van der Waals surface area contributed by atoms with Crippen LogP contribution in [0, 0.1) is 0 Å². The fourth-order valence-electron chi connectivity index (χ4n) is 2.86. The highest BCUT2D eigenvalue weighted by Crippen LogP contribution is 2.28. The van der Waals surface area contributed by atoms with Crippen molar-refractivity contribution in [3.63, 3.8) is 0 Å². The second-order valence-corrected chi connectivity index (χ2v) is 4.36. The number of rotatable bonds is 10. The third kappa shape index (κ3) is 3.91. The molecule has 0 spiro atoms. The van der Waals surface area contributed by atoms with Gasteiger partial charge in [-0.2, -0.15) is 0 Å². The van der Waals surface area contributed by atoms with Crippen LogP contribution in [0.15, 0.2) is 0 Å². The second-order valence-electron chi connectivity index (χ2n) is 4.36. The largest absolute Gasteiger partial charge is 0.380 e. The Morgan fingerprint density at radius 3 is 1.94 bits per heavy atom. The minimum atomic E-state index is 0.0907. The fraction of sp³-hybridized carbons (Fsp3) is 1.00. The summed E-state index contributed by atoms with van der Waals surface area (Å²) in [6.45, 7) is 14.4. The summed E-state index contributed by atoms with van der Waals surface area (Å²) in [5, 5.41) is 0. The van der Waals surface area contributed by atoms with Crippen molar-refractivity contribution in [3.05, 3.63) is 0 Å². The lowest BCUT2D eigenvalue weighted by Crippen LogP contribution is -2.63. The van der Waals surface area contributed by atoms with Gasteiger partial charge in [-0.3, -0.25) is 16.2 Å². The molecule has 0 aliphatic heterocycles. The molecule has 0 amide bonds. The van der Waals surface area contributed by atoms with Gasteiger partial charge in [0.25, 0.3) is 0 Å². The van der Waals surface area contributed by atoms with E-state index in [9.17, 15) is 0 Å². The molecule has 0 fully saturated rings. The number of hydrazine groups is 1. The van der Waals surface area contributed by atoms with Crippen molar-refractivity contribution < 1.29 is 4.74 Å². The maximum absolute atomic E-state index is 5.74. The Morgan fingerprint density at radius 1 is 1.12 bits per heavy atom. The summed E-state index contributed by atoms with van der Waals surface area (Å²) in [6, 6.07) is 0.178. The van der Waals surface area contributed by atoms with Gasteiger partial charge in [0.15, 0.2) is 0 Å². The maximum Gasteiger partial charge on any atom is 0.0651 e. The molecule has 0 heterocycles. The molecular weight excluding hydrogens is 214 g/mol. The first kappa shape index (κ1) is 16.8. The van der Waals surface area contributed by atoms with Gasteiger partial charge in [-0.15, -0.1) is 0 Å². The molecule has 0 aromatic rings. The molecule has 0 rings (SSSR count). The van der Waals surface area contributed by atoms with Crippen LogP contribution in [-0.2, 0) is 4.74 Å². The quantitative estimate of drug-likeness (QED) is 0.455. The zero-order valence-corrected chi connectivity index (χ0v) is 12.3. The van der Waals surface area contributed by atoms with Crippen LogP contribution < -0.4 is 11.3 Å². The Kier molecular flexibility index (Phi) is 8.78. The van der Waals surface area contributed by atoms with Gasteiger partial charge in [0, 0.05) is 12.1 Å². The average molecular weight is 245 g/mol. The van der Waals surface area contributed by atoms with Gasteiger partial charge >= 0.3 is 0 Å². The second kappa shape index (κ2) is 8.86. The molecule has 104 valence electrons. The Bertz CT molecular complexity index is 180. The topological polar surface area (TPSA) is 50.5 Å². The lowest BCUT2D eigenvalue weighted by atomic mass is 9.83. The molecule has 3 N–H and O–H groups in total. The van der Waals surface area contributed by atoms with E-state index in [1.807, 2.05) is 6.92 Å². The zero-order chi connectivity index (χ0) is 13.3. The summed E-state index contributed by atoms with van der Waals surface area (Å²) in [4.78, 5) is 2.50. The van der Waals surface area contributed by atoms with E-state index in [1.54, 1.807) is 0 Å². The van der Waals surface area contributed by atoms with E-state index in [0.717, 1.165) is 32.5 Å². The summed E-state index contributed by atoms with van der Waals surface area (Å²) in [7, 11) is 0. The van der Waals surface area contributed by atoms with Gasteiger partial charge in [-0.25, -0.2) is 0 Å². The van der Waals surface area contributed by atoms with Crippen LogP contribution in [0.4, 0.5) is 0 Å². The highest BCUT2D eigenvalue weighted by Gasteiger charge is 2.39. The summed E-state index contributed by atoms with van der Waals surface area (Å²) >= 11 is 0. The maximum atomic E-state index is 5.74. The Labute approximate surface area is 107 Å². The first-order valence-corrected chi connectivity index (χ1v) is 6.95. The molecule has 0 aromatic heterocycles. The molecule has 0 aliphatic carbocycles. The molecule has 0 aromatic carbocycles. The zero-order valence-electron chi connectivity index (χ0n) is 12.3. The Balaban J connectivity index is 4.97. The van der Waals surface area contributed by atoms with Crippen molar-refractivity contribution in [2.24, 2.45) is 5.84 Å². The summed E-state index contributed by atoms with van der Waals surface area (Å²) in [5.41, 5.74) is 3.05. The van der Waals surface area contributed by atoms with Gasteiger partial charge < -0.3 is 4.74 Å². The highest BCUT2D eigenvalue weighted by atomic mass is 16.5. The number of hydrogen-bond acceptors (Lipinski definition) is 4. The van der Waals surface area contributed by atoms with E-state index in [-0.39, 0.29) is 11.6 Å². The van der Waals surface area contributed by atoms with E-state index in [2.05, 4.69) is 38.0 Å². The fourth-order valence-corrected chi connectivity index (χ4v) is 2.86. The lowest BCUT2D eigenvalue weighted by molar-refractivity contribution is 0.00634. The number of ether oxygens (including phenoxy) is 1. The number of likely N-dealkylation sites (N-methyl/N-ethyl adjacent to an activating group) is 1.